The highest BCUT2D eigenvalue weighted by Gasteiger charge is 2.14. The molecule has 0 atom stereocenters. The highest BCUT2D eigenvalue weighted by molar-refractivity contribution is 5.80. The SMILES string of the molecule is Fc1cccc(-c2ncccc2-c2ccccc2)c1F. The van der Waals surface area contributed by atoms with Crippen LogP contribution in [-0.2, 0) is 0 Å². The van der Waals surface area contributed by atoms with Crippen molar-refractivity contribution in [2.75, 3.05) is 0 Å². The Morgan fingerprint density at radius 2 is 1.45 bits per heavy atom. The van der Waals surface area contributed by atoms with Gasteiger partial charge >= 0.3 is 0 Å². The molecule has 0 fully saturated rings. The fraction of sp³-hybridized carbons (Fsp3) is 0. The molecule has 98 valence electrons. The first-order valence-electron chi connectivity index (χ1n) is 6.22. The van der Waals surface area contributed by atoms with Gasteiger partial charge in [-0.15, -0.1) is 0 Å². The zero-order valence-corrected chi connectivity index (χ0v) is 10.6. The van der Waals surface area contributed by atoms with Crippen LogP contribution in [0.2, 0.25) is 0 Å². The third-order valence-corrected chi connectivity index (χ3v) is 3.10. The molecule has 20 heavy (non-hydrogen) atoms. The summed E-state index contributed by atoms with van der Waals surface area (Å²) in [6.45, 7) is 0. The molecular formula is C17H11F2N. The average Bonchev–Trinajstić information content (AvgIpc) is 2.51. The molecule has 3 aromatic rings. The first-order chi connectivity index (χ1) is 9.77. The fourth-order valence-corrected chi connectivity index (χ4v) is 2.16. The van der Waals surface area contributed by atoms with Crippen molar-refractivity contribution in [3.05, 3.63) is 78.5 Å². The van der Waals surface area contributed by atoms with Crippen LogP contribution in [0.1, 0.15) is 0 Å². The maximum absolute atomic E-state index is 14.0. The number of benzene rings is 2. The number of pyridine rings is 1. The van der Waals surface area contributed by atoms with E-state index in [4.69, 9.17) is 0 Å². The Labute approximate surface area is 115 Å². The van der Waals surface area contributed by atoms with Gasteiger partial charge in [0.1, 0.15) is 0 Å². The van der Waals surface area contributed by atoms with Crippen LogP contribution in [0.15, 0.2) is 66.9 Å². The zero-order valence-electron chi connectivity index (χ0n) is 10.6. The van der Waals surface area contributed by atoms with E-state index in [9.17, 15) is 8.78 Å². The van der Waals surface area contributed by atoms with Crippen LogP contribution >= 0.6 is 0 Å². The second kappa shape index (κ2) is 5.21. The van der Waals surface area contributed by atoms with Gasteiger partial charge in [0.2, 0.25) is 0 Å². The normalized spacial score (nSPS) is 10.5. The van der Waals surface area contributed by atoms with Gasteiger partial charge in [0.15, 0.2) is 11.6 Å². The number of nitrogens with zero attached hydrogens (tertiary/aromatic N) is 1. The molecule has 0 radical (unpaired) electrons. The smallest absolute Gasteiger partial charge is 0.168 e. The monoisotopic (exact) mass is 267 g/mol. The van der Waals surface area contributed by atoms with E-state index in [-0.39, 0.29) is 5.56 Å². The molecule has 0 bridgehead atoms. The van der Waals surface area contributed by atoms with E-state index in [0.29, 0.717) is 5.69 Å². The van der Waals surface area contributed by atoms with Gasteiger partial charge in [-0.2, -0.15) is 0 Å². The Morgan fingerprint density at radius 3 is 2.25 bits per heavy atom. The topological polar surface area (TPSA) is 12.9 Å². The number of aromatic nitrogens is 1. The van der Waals surface area contributed by atoms with Crippen molar-refractivity contribution in [3.8, 4) is 22.4 Å². The Hall–Kier alpha value is -2.55. The highest BCUT2D eigenvalue weighted by atomic mass is 19.2. The van der Waals surface area contributed by atoms with Crippen LogP contribution in [0.3, 0.4) is 0 Å². The Bertz CT molecular complexity index is 739. The zero-order chi connectivity index (χ0) is 13.9. The summed E-state index contributed by atoms with van der Waals surface area (Å²) in [6, 6.07) is 17.3. The summed E-state index contributed by atoms with van der Waals surface area (Å²) >= 11 is 0. The minimum atomic E-state index is -0.872. The Balaban J connectivity index is 2.23. The molecule has 3 rings (SSSR count). The van der Waals surface area contributed by atoms with Crippen molar-refractivity contribution < 1.29 is 8.78 Å². The molecule has 0 aliphatic rings. The van der Waals surface area contributed by atoms with Crippen LogP contribution in [-0.4, -0.2) is 4.98 Å². The first kappa shape index (κ1) is 12.5. The molecule has 2 aromatic carbocycles. The van der Waals surface area contributed by atoms with E-state index in [1.807, 2.05) is 36.4 Å². The van der Waals surface area contributed by atoms with Gasteiger partial charge in [-0.3, -0.25) is 4.98 Å². The maximum atomic E-state index is 14.0. The number of hydrogen-bond acceptors (Lipinski definition) is 1. The van der Waals surface area contributed by atoms with E-state index in [1.165, 1.54) is 12.1 Å². The number of hydrogen-bond donors (Lipinski definition) is 0. The number of rotatable bonds is 2. The lowest BCUT2D eigenvalue weighted by Gasteiger charge is -2.09. The summed E-state index contributed by atoms with van der Waals surface area (Å²) in [7, 11) is 0. The molecule has 0 aliphatic carbocycles. The van der Waals surface area contributed by atoms with Gasteiger partial charge in [-0.25, -0.2) is 8.78 Å². The van der Waals surface area contributed by atoms with E-state index >= 15 is 0 Å². The van der Waals surface area contributed by atoms with Crippen molar-refractivity contribution in [3.63, 3.8) is 0 Å². The molecule has 3 heteroatoms. The molecular weight excluding hydrogens is 256 g/mol. The maximum Gasteiger partial charge on any atom is 0.168 e. The highest BCUT2D eigenvalue weighted by Crippen LogP contribution is 2.32. The van der Waals surface area contributed by atoms with Crippen LogP contribution in [0.5, 0.6) is 0 Å². The molecule has 1 heterocycles. The van der Waals surface area contributed by atoms with E-state index in [1.54, 1.807) is 12.3 Å². The second-order valence-corrected chi connectivity index (χ2v) is 4.37. The van der Waals surface area contributed by atoms with Gasteiger partial charge in [0.25, 0.3) is 0 Å². The standard InChI is InChI=1S/C17H11F2N/c18-15-10-4-8-14(16(15)19)17-13(9-5-11-20-17)12-6-2-1-3-7-12/h1-11H. The fourth-order valence-electron chi connectivity index (χ4n) is 2.16. The third-order valence-electron chi connectivity index (χ3n) is 3.10. The first-order valence-corrected chi connectivity index (χ1v) is 6.22. The number of halogens is 2. The quantitative estimate of drug-likeness (QED) is 0.656. The van der Waals surface area contributed by atoms with Crippen molar-refractivity contribution in [2.45, 2.75) is 0 Å². The van der Waals surface area contributed by atoms with Crippen LogP contribution < -0.4 is 0 Å². The van der Waals surface area contributed by atoms with Crippen molar-refractivity contribution >= 4 is 0 Å². The summed E-state index contributed by atoms with van der Waals surface area (Å²) in [5.41, 5.74) is 2.30. The average molecular weight is 267 g/mol. The lowest BCUT2D eigenvalue weighted by atomic mass is 9.99. The predicted molar refractivity (Wildman–Crippen MR) is 75.0 cm³/mol. The molecule has 1 nitrogen and oxygen atoms in total. The minimum Gasteiger partial charge on any atom is -0.255 e. The Morgan fingerprint density at radius 1 is 0.700 bits per heavy atom. The van der Waals surface area contributed by atoms with E-state index in [2.05, 4.69) is 4.98 Å². The predicted octanol–water partition coefficient (Wildman–Crippen LogP) is 4.69. The van der Waals surface area contributed by atoms with Crippen molar-refractivity contribution in [1.82, 2.24) is 4.98 Å². The molecule has 0 unspecified atom stereocenters. The van der Waals surface area contributed by atoms with Crippen LogP contribution in [0.25, 0.3) is 22.4 Å². The van der Waals surface area contributed by atoms with E-state index < -0.39 is 11.6 Å². The van der Waals surface area contributed by atoms with E-state index in [0.717, 1.165) is 17.2 Å². The third kappa shape index (κ3) is 2.18. The summed E-state index contributed by atoms with van der Waals surface area (Å²) < 4.78 is 27.4. The lowest BCUT2D eigenvalue weighted by Crippen LogP contribution is -1.94. The van der Waals surface area contributed by atoms with Gasteiger partial charge < -0.3 is 0 Å². The summed E-state index contributed by atoms with van der Waals surface area (Å²) in [5.74, 6) is -1.74. The molecule has 0 amide bonds. The molecule has 0 N–H and O–H groups in total. The molecule has 0 spiro atoms. The molecule has 0 saturated carbocycles. The molecule has 1 aromatic heterocycles. The molecule has 0 saturated heterocycles. The minimum absolute atomic E-state index is 0.171. The summed E-state index contributed by atoms with van der Waals surface area (Å²) in [4.78, 5) is 4.22. The lowest BCUT2D eigenvalue weighted by molar-refractivity contribution is 0.511. The van der Waals surface area contributed by atoms with Crippen LogP contribution in [0, 0.1) is 11.6 Å². The molecule has 0 aliphatic heterocycles. The van der Waals surface area contributed by atoms with Crippen molar-refractivity contribution in [2.24, 2.45) is 0 Å². The van der Waals surface area contributed by atoms with Crippen molar-refractivity contribution in [1.29, 1.82) is 0 Å². The van der Waals surface area contributed by atoms with Gasteiger partial charge in [-0.05, 0) is 23.8 Å². The summed E-state index contributed by atoms with van der Waals surface area (Å²) in [5, 5.41) is 0. The van der Waals surface area contributed by atoms with Gasteiger partial charge in [0, 0.05) is 17.3 Å². The van der Waals surface area contributed by atoms with Gasteiger partial charge in [0.05, 0.1) is 5.69 Å². The summed E-state index contributed by atoms with van der Waals surface area (Å²) in [6.07, 6.45) is 1.58. The second-order valence-electron chi connectivity index (χ2n) is 4.37. The Kier molecular flexibility index (Phi) is 3.25. The van der Waals surface area contributed by atoms with Gasteiger partial charge in [-0.1, -0.05) is 42.5 Å². The van der Waals surface area contributed by atoms with Crippen LogP contribution in [0.4, 0.5) is 8.78 Å². The largest absolute Gasteiger partial charge is 0.255 e.